The van der Waals surface area contributed by atoms with Crippen molar-refractivity contribution in [2.75, 3.05) is 11.9 Å². The molecule has 0 amide bonds. The Morgan fingerprint density at radius 3 is 1.44 bits per heavy atom. The molecule has 2 aromatic carbocycles. The maximum atomic E-state index is 3.84. The fourth-order valence-corrected chi connectivity index (χ4v) is 10.1. The standard InChI is InChI=1S/C57H92N2/c1-5-7-9-11-13-15-17-19-21-23-25-27-29-31-33-35-42-50-51-43-36-38-45-53(51)58-54(50)46-41-48-56-57(3,4)52-44-37-39-47-55(52)59(56)49-40-34-32-30-28-26-24-22-20-18-16-14-12-10-8-6-2/h36-39,41,43-48,50H,5-35,40,42,49H2,1-4H3/p+1. The van der Waals surface area contributed by atoms with Crippen LogP contribution in [0, 0.1) is 0 Å². The maximum Gasteiger partial charge on any atom is 0.209 e. The lowest BCUT2D eigenvalue weighted by Crippen LogP contribution is -2.27. The topological polar surface area (TPSA) is 15.0 Å². The van der Waals surface area contributed by atoms with Crippen LogP contribution in [0.15, 0.2) is 72.5 Å². The smallest absolute Gasteiger partial charge is 0.209 e. The van der Waals surface area contributed by atoms with E-state index < -0.39 is 0 Å². The zero-order valence-corrected chi connectivity index (χ0v) is 39.4. The highest BCUT2D eigenvalue weighted by atomic mass is 15.1. The molecule has 2 aliphatic heterocycles. The minimum absolute atomic E-state index is 0.000324. The number of hydrogen-bond donors (Lipinski definition) is 1. The lowest BCUT2D eigenvalue weighted by molar-refractivity contribution is -0.438. The van der Waals surface area contributed by atoms with E-state index in [2.05, 4.69) is 104 Å². The number of allylic oxidation sites excluding steroid dienone is 4. The molecule has 1 atom stereocenters. The van der Waals surface area contributed by atoms with Crippen molar-refractivity contribution in [1.29, 1.82) is 0 Å². The molecule has 2 aliphatic rings. The Labute approximate surface area is 366 Å². The molecular weight excluding hydrogens is 713 g/mol. The largest absolute Gasteiger partial charge is 0.358 e. The summed E-state index contributed by atoms with van der Waals surface area (Å²) in [6.07, 6.45) is 53.8. The van der Waals surface area contributed by atoms with Crippen LogP contribution in [0.4, 0.5) is 11.4 Å². The van der Waals surface area contributed by atoms with E-state index in [1.165, 1.54) is 246 Å². The van der Waals surface area contributed by atoms with Gasteiger partial charge in [0, 0.05) is 41.4 Å². The average molecular weight is 806 g/mol. The van der Waals surface area contributed by atoms with Crippen molar-refractivity contribution in [3.8, 4) is 0 Å². The average Bonchev–Trinajstić information content (AvgIpc) is 3.70. The summed E-state index contributed by atoms with van der Waals surface area (Å²) in [6, 6.07) is 18.2. The van der Waals surface area contributed by atoms with Crippen LogP contribution in [-0.4, -0.2) is 16.8 Å². The number of benzene rings is 2. The van der Waals surface area contributed by atoms with Crippen molar-refractivity contribution in [3.63, 3.8) is 0 Å². The summed E-state index contributed by atoms with van der Waals surface area (Å²) in [7, 11) is 0. The van der Waals surface area contributed by atoms with Crippen molar-refractivity contribution in [2.45, 2.75) is 251 Å². The van der Waals surface area contributed by atoms with Gasteiger partial charge in [-0.1, -0.05) is 249 Å². The van der Waals surface area contributed by atoms with Crippen LogP contribution in [0.25, 0.3) is 0 Å². The van der Waals surface area contributed by atoms with Gasteiger partial charge in [-0.3, -0.25) is 0 Å². The Bertz CT molecular complexity index is 1470. The van der Waals surface area contributed by atoms with Gasteiger partial charge >= 0.3 is 0 Å². The monoisotopic (exact) mass is 806 g/mol. The summed E-state index contributed by atoms with van der Waals surface area (Å²) in [6.45, 7) is 10.6. The number of fused-ring (bicyclic) bond motifs is 2. The van der Waals surface area contributed by atoms with Gasteiger partial charge in [-0.2, -0.15) is 4.58 Å². The minimum Gasteiger partial charge on any atom is -0.358 e. The first-order valence-electron chi connectivity index (χ1n) is 26.1. The van der Waals surface area contributed by atoms with Crippen molar-refractivity contribution in [1.82, 2.24) is 0 Å². The Balaban J connectivity index is 1.17. The van der Waals surface area contributed by atoms with Crippen molar-refractivity contribution in [3.05, 3.63) is 83.6 Å². The Hall–Kier alpha value is -2.61. The van der Waals surface area contributed by atoms with Crippen LogP contribution in [0.3, 0.4) is 0 Å². The van der Waals surface area contributed by atoms with Crippen LogP contribution in [0.1, 0.15) is 257 Å². The van der Waals surface area contributed by atoms with Crippen LogP contribution < -0.4 is 5.32 Å². The van der Waals surface area contributed by atoms with Crippen LogP contribution in [0.5, 0.6) is 0 Å². The third kappa shape index (κ3) is 18.1. The molecule has 1 N–H and O–H groups in total. The molecule has 0 saturated heterocycles. The predicted molar refractivity (Wildman–Crippen MR) is 263 cm³/mol. The van der Waals surface area contributed by atoms with Gasteiger partial charge in [-0.05, 0) is 44.4 Å². The van der Waals surface area contributed by atoms with Crippen molar-refractivity contribution < 1.29 is 4.58 Å². The molecule has 0 spiro atoms. The molecule has 330 valence electrons. The number of rotatable bonds is 36. The summed E-state index contributed by atoms with van der Waals surface area (Å²) in [5.74, 6) is 0.475. The highest BCUT2D eigenvalue weighted by Gasteiger charge is 2.43. The summed E-state index contributed by atoms with van der Waals surface area (Å²) in [5, 5.41) is 3.84. The Morgan fingerprint density at radius 2 is 0.932 bits per heavy atom. The fourth-order valence-electron chi connectivity index (χ4n) is 10.1. The molecule has 0 aliphatic carbocycles. The predicted octanol–water partition coefficient (Wildman–Crippen LogP) is 18.6. The molecule has 2 heteroatoms. The van der Waals surface area contributed by atoms with E-state index in [1.807, 2.05) is 0 Å². The lowest BCUT2D eigenvalue weighted by Gasteiger charge is -2.15. The third-order valence-electron chi connectivity index (χ3n) is 13.9. The van der Waals surface area contributed by atoms with E-state index in [1.54, 1.807) is 0 Å². The van der Waals surface area contributed by atoms with E-state index in [0.29, 0.717) is 5.92 Å². The Kier molecular flexibility index (Phi) is 25.3. The van der Waals surface area contributed by atoms with E-state index in [0.717, 1.165) is 6.54 Å². The number of para-hydroxylation sites is 2. The zero-order valence-electron chi connectivity index (χ0n) is 39.4. The van der Waals surface area contributed by atoms with Crippen molar-refractivity contribution in [2.24, 2.45) is 0 Å². The van der Waals surface area contributed by atoms with Gasteiger partial charge < -0.3 is 5.32 Å². The number of nitrogens with zero attached hydrogens (tertiary/aromatic N) is 1. The molecule has 0 fully saturated rings. The summed E-state index contributed by atoms with van der Waals surface area (Å²) in [4.78, 5) is 0. The number of unbranched alkanes of at least 4 members (excludes halogenated alkanes) is 30. The zero-order chi connectivity index (χ0) is 41.6. The first kappa shape index (κ1) is 49.0. The van der Waals surface area contributed by atoms with Crippen LogP contribution in [0.2, 0.25) is 0 Å². The Morgan fingerprint density at radius 1 is 0.508 bits per heavy atom. The summed E-state index contributed by atoms with van der Waals surface area (Å²) >= 11 is 0. The maximum absolute atomic E-state index is 3.84. The van der Waals surface area contributed by atoms with Crippen LogP contribution >= 0.6 is 0 Å². The van der Waals surface area contributed by atoms with Gasteiger partial charge in [-0.15, -0.1) is 0 Å². The minimum atomic E-state index is -0.000324. The van der Waals surface area contributed by atoms with Gasteiger partial charge in [0.25, 0.3) is 0 Å². The molecule has 4 rings (SSSR count). The molecule has 2 aromatic rings. The van der Waals surface area contributed by atoms with Gasteiger partial charge in [0.15, 0.2) is 5.71 Å². The fraction of sp³-hybridized carbons (Fsp3) is 0.702. The van der Waals surface area contributed by atoms with Gasteiger partial charge in [0.1, 0.15) is 6.54 Å². The molecule has 2 heterocycles. The molecule has 0 saturated carbocycles. The second-order valence-electron chi connectivity index (χ2n) is 19.3. The van der Waals surface area contributed by atoms with Gasteiger partial charge in [0.05, 0.1) is 5.41 Å². The molecule has 0 bridgehead atoms. The molecular formula is C57H93N2+. The lowest BCUT2D eigenvalue weighted by atomic mass is 9.81. The first-order valence-corrected chi connectivity index (χ1v) is 26.1. The van der Waals surface area contributed by atoms with Gasteiger partial charge in [-0.25, -0.2) is 0 Å². The molecule has 2 nitrogen and oxygen atoms in total. The van der Waals surface area contributed by atoms with Crippen LogP contribution in [-0.2, 0) is 5.41 Å². The van der Waals surface area contributed by atoms with E-state index in [9.17, 15) is 0 Å². The molecule has 59 heavy (non-hydrogen) atoms. The number of nitrogens with one attached hydrogen (secondary N) is 1. The highest BCUT2D eigenvalue weighted by Crippen LogP contribution is 2.42. The van der Waals surface area contributed by atoms with E-state index in [-0.39, 0.29) is 5.41 Å². The van der Waals surface area contributed by atoms with E-state index >= 15 is 0 Å². The summed E-state index contributed by atoms with van der Waals surface area (Å²) < 4.78 is 2.65. The quantitative estimate of drug-likeness (QED) is 0.0535. The number of anilines is 1. The highest BCUT2D eigenvalue weighted by molar-refractivity contribution is 6.03. The van der Waals surface area contributed by atoms with Gasteiger partial charge in [0.2, 0.25) is 5.69 Å². The van der Waals surface area contributed by atoms with E-state index in [4.69, 9.17) is 0 Å². The van der Waals surface area contributed by atoms with Crippen molar-refractivity contribution >= 4 is 17.1 Å². The normalized spacial score (nSPS) is 16.4. The third-order valence-corrected chi connectivity index (χ3v) is 13.9. The molecule has 1 unspecified atom stereocenters. The molecule has 0 aromatic heterocycles. The molecule has 0 radical (unpaired) electrons. The number of hydrogen-bond acceptors (Lipinski definition) is 1. The second-order valence-corrected chi connectivity index (χ2v) is 19.3. The summed E-state index contributed by atoms with van der Waals surface area (Å²) in [5.41, 5.74) is 8.50. The second kappa shape index (κ2) is 30.4. The first-order chi connectivity index (χ1) is 29.1. The SMILES string of the molecule is CCCCCCCCCCCCCCCCCCC1C(=CC=CC2=[N+](CCCCCCCCCCCCCCCCCC)c3ccccc3C2(C)C)Nc2ccccc21.